The lowest BCUT2D eigenvalue weighted by Gasteiger charge is -2.16. The highest BCUT2D eigenvalue weighted by molar-refractivity contribution is 5.75. The Bertz CT molecular complexity index is 998. The molecule has 4 rings (SSSR count). The minimum atomic E-state index is -0.255. The highest BCUT2D eigenvalue weighted by Crippen LogP contribution is 2.50. The number of hydrogen-bond donors (Lipinski definition) is 3. The van der Waals surface area contributed by atoms with E-state index in [2.05, 4.69) is 20.6 Å². The van der Waals surface area contributed by atoms with Gasteiger partial charge in [0.25, 0.3) is 5.56 Å². The highest BCUT2D eigenvalue weighted by Gasteiger charge is 2.40. The first-order valence-electron chi connectivity index (χ1n) is 11.2. The van der Waals surface area contributed by atoms with Crippen LogP contribution in [0.15, 0.2) is 23.1 Å². The fraction of sp³-hybridized carbons (Fsp3) is 0.565. The molecule has 0 unspecified atom stereocenters. The summed E-state index contributed by atoms with van der Waals surface area (Å²) in [5.41, 5.74) is 7.74. The molecule has 0 atom stereocenters. The number of rotatable bonds is 10. The van der Waals surface area contributed by atoms with E-state index in [1.807, 2.05) is 13.0 Å². The number of nitrogens with zero attached hydrogens (tertiary/aromatic N) is 3. The van der Waals surface area contributed by atoms with E-state index in [9.17, 15) is 9.59 Å². The molecule has 2 fully saturated rings. The second-order valence-electron chi connectivity index (χ2n) is 8.95. The number of amides is 1. The van der Waals surface area contributed by atoms with Crippen LogP contribution in [0.4, 0.5) is 11.6 Å². The van der Waals surface area contributed by atoms with E-state index in [1.54, 1.807) is 19.2 Å². The van der Waals surface area contributed by atoms with Gasteiger partial charge in [0.2, 0.25) is 5.91 Å². The van der Waals surface area contributed by atoms with E-state index in [0.29, 0.717) is 23.9 Å². The van der Waals surface area contributed by atoms with Gasteiger partial charge in [0, 0.05) is 30.7 Å². The van der Waals surface area contributed by atoms with Crippen LogP contribution < -0.4 is 21.9 Å². The Morgan fingerprint density at radius 3 is 2.58 bits per heavy atom. The number of nitrogens with two attached hydrogens (primary N) is 1. The fourth-order valence-corrected chi connectivity index (χ4v) is 4.34. The van der Waals surface area contributed by atoms with Gasteiger partial charge in [-0.05, 0) is 75.3 Å². The minimum Gasteiger partial charge on any atom is -0.384 e. The predicted molar refractivity (Wildman–Crippen MR) is 121 cm³/mol. The molecule has 8 heteroatoms. The summed E-state index contributed by atoms with van der Waals surface area (Å²) in [7, 11) is 0. The van der Waals surface area contributed by atoms with Gasteiger partial charge in [-0.25, -0.2) is 9.97 Å². The zero-order chi connectivity index (χ0) is 22.0. The minimum absolute atomic E-state index is 0.0455. The zero-order valence-electron chi connectivity index (χ0n) is 18.4. The first kappa shape index (κ1) is 21.3. The Balaban J connectivity index is 1.34. The van der Waals surface area contributed by atoms with Gasteiger partial charge in [-0.1, -0.05) is 6.07 Å². The Kier molecular flexibility index (Phi) is 6.25. The molecule has 166 valence electrons. The Hall–Kier alpha value is -2.90. The summed E-state index contributed by atoms with van der Waals surface area (Å²) >= 11 is 0. The number of carbonyl (C=O) groups is 1. The van der Waals surface area contributed by atoms with Crippen LogP contribution in [-0.4, -0.2) is 27.0 Å². The van der Waals surface area contributed by atoms with Crippen molar-refractivity contribution in [1.29, 1.82) is 0 Å². The van der Waals surface area contributed by atoms with E-state index in [-0.39, 0.29) is 18.0 Å². The SMILES string of the molecule is Cc1nc(N)ccc1CNC(=O)Cn1c(C)cnc(NCCC(C2CC2)C2CC2)c1=O. The third-order valence-corrected chi connectivity index (χ3v) is 6.47. The van der Waals surface area contributed by atoms with Gasteiger partial charge in [-0.2, -0.15) is 0 Å². The van der Waals surface area contributed by atoms with Crippen LogP contribution in [0.5, 0.6) is 0 Å². The summed E-state index contributed by atoms with van der Waals surface area (Å²) in [6, 6.07) is 3.56. The van der Waals surface area contributed by atoms with Gasteiger partial charge in [0.1, 0.15) is 12.4 Å². The van der Waals surface area contributed by atoms with Crippen molar-refractivity contribution >= 4 is 17.5 Å². The molecule has 8 nitrogen and oxygen atoms in total. The normalized spacial score (nSPS) is 15.8. The molecular weight excluding hydrogens is 392 g/mol. The van der Waals surface area contributed by atoms with Crippen LogP contribution in [0.3, 0.4) is 0 Å². The van der Waals surface area contributed by atoms with Crippen molar-refractivity contribution in [2.24, 2.45) is 17.8 Å². The standard InChI is InChI=1S/C23H32N6O2/c1-14-11-27-22(25-10-9-19(16-3-4-16)17-5-6-17)23(31)29(14)13-21(30)26-12-18-7-8-20(24)28-15(18)2/h7-8,11,16-17,19H,3-6,9-10,12-13H2,1-2H3,(H2,24,28)(H,25,27)(H,26,30). The van der Waals surface area contributed by atoms with Crippen LogP contribution in [0.2, 0.25) is 0 Å². The maximum Gasteiger partial charge on any atom is 0.293 e. The number of nitrogens with one attached hydrogen (secondary N) is 2. The van der Waals surface area contributed by atoms with Gasteiger partial charge in [0.05, 0.1) is 0 Å². The Morgan fingerprint density at radius 2 is 1.94 bits per heavy atom. The van der Waals surface area contributed by atoms with Crippen LogP contribution in [-0.2, 0) is 17.9 Å². The van der Waals surface area contributed by atoms with Crippen molar-refractivity contribution in [3.63, 3.8) is 0 Å². The molecule has 0 saturated heterocycles. The summed E-state index contributed by atoms with van der Waals surface area (Å²) in [6.07, 6.45) is 8.16. The lowest BCUT2D eigenvalue weighted by Crippen LogP contribution is -2.34. The smallest absolute Gasteiger partial charge is 0.293 e. The van der Waals surface area contributed by atoms with E-state index >= 15 is 0 Å². The average molecular weight is 425 g/mol. The monoisotopic (exact) mass is 424 g/mol. The third-order valence-electron chi connectivity index (χ3n) is 6.47. The molecule has 2 aromatic heterocycles. The van der Waals surface area contributed by atoms with Crippen molar-refractivity contribution < 1.29 is 4.79 Å². The second kappa shape index (κ2) is 9.08. The maximum absolute atomic E-state index is 12.9. The van der Waals surface area contributed by atoms with E-state index in [4.69, 9.17) is 5.73 Å². The molecule has 2 saturated carbocycles. The number of nitrogen functional groups attached to an aromatic ring is 1. The fourth-order valence-electron chi connectivity index (χ4n) is 4.34. The molecule has 1 amide bonds. The second-order valence-corrected chi connectivity index (χ2v) is 8.95. The molecule has 2 aliphatic rings. The number of pyridine rings is 1. The molecule has 0 spiro atoms. The first-order valence-corrected chi connectivity index (χ1v) is 11.2. The quantitative estimate of drug-likeness (QED) is 0.539. The third kappa shape index (κ3) is 5.42. The molecule has 2 aliphatic carbocycles. The lowest BCUT2D eigenvalue weighted by atomic mass is 9.94. The van der Waals surface area contributed by atoms with Gasteiger partial charge in [-0.3, -0.25) is 14.2 Å². The molecule has 0 radical (unpaired) electrons. The van der Waals surface area contributed by atoms with E-state index in [1.165, 1.54) is 30.3 Å². The largest absolute Gasteiger partial charge is 0.384 e. The van der Waals surface area contributed by atoms with Gasteiger partial charge in [0.15, 0.2) is 5.82 Å². The predicted octanol–water partition coefficient (Wildman–Crippen LogP) is 2.39. The maximum atomic E-state index is 12.9. The van der Waals surface area contributed by atoms with Crippen molar-refractivity contribution in [2.75, 3.05) is 17.6 Å². The van der Waals surface area contributed by atoms with Gasteiger partial charge < -0.3 is 16.4 Å². The summed E-state index contributed by atoms with van der Waals surface area (Å²) in [5, 5.41) is 6.08. The number of carbonyl (C=O) groups excluding carboxylic acids is 1. The van der Waals surface area contributed by atoms with Crippen molar-refractivity contribution in [3.05, 3.63) is 45.6 Å². The van der Waals surface area contributed by atoms with Gasteiger partial charge >= 0.3 is 0 Å². The molecule has 4 N–H and O–H groups in total. The number of aryl methyl sites for hydroxylation is 2. The summed E-state index contributed by atoms with van der Waals surface area (Å²) in [5.74, 6) is 3.11. The van der Waals surface area contributed by atoms with Crippen molar-refractivity contribution in [3.8, 4) is 0 Å². The molecule has 2 heterocycles. The van der Waals surface area contributed by atoms with Gasteiger partial charge in [-0.15, -0.1) is 0 Å². The average Bonchev–Trinajstić information content (AvgIpc) is 3.63. The number of anilines is 2. The topological polar surface area (TPSA) is 115 Å². The van der Waals surface area contributed by atoms with Crippen LogP contribution in [0, 0.1) is 31.6 Å². The highest BCUT2D eigenvalue weighted by atomic mass is 16.2. The molecule has 0 aromatic carbocycles. The number of aromatic nitrogens is 3. The zero-order valence-corrected chi connectivity index (χ0v) is 18.4. The van der Waals surface area contributed by atoms with Crippen LogP contribution >= 0.6 is 0 Å². The molecular formula is C23H32N6O2. The molecule has 0 aliphatic heterocycles. The summed E-state index contributed by atoms with van der Waals surface area (Å²) < 4.78 is 1.47. The van der Waals surface area contributed by atoms with Crippen molar-refractivity contribution in [2.45, 2.75) is 59.0 Å². The Labute approximate surface area is 182 Å². The number of hydrogen-bond acceptors (Lipinski definition) is 6. The first-order chi connectivity index (χ1) is 14.9. The van der Waals surface area contributed by atoms with E-state index < -0.39 is 0 Å². The lowest BCUT2D eigenvalue weighted by molar-refractivity contribution is -0.121. The van der Waals surface area contributed by atoms with Crippen LogP contribution in [0.1, 0.15) is 49.1 Å². The summed E-state index contributed by atoms with van der Waals surface area (Å²) in [4.78, 5) is 33.9. The molecule has 2 aromatic rings. The molecule has 31 heavy (non-hydrogen) atoms. The van der Waals surface area contributed by atoms with Crippen LogP contribution in [0.25, 0.3) is 0 Å². The Morgan fingerprint density at radius 1 is 1.23 bits per heavy atom. The van der Waals surface area contributed by atoms with E-state index in [0.717, 1.165) is 42.0 Å². The van der Waals surface area contributed by atoms with Crippen molar-refractivity contribution in [1.82, 2.24) is 19.9 Å². The summed E-state index contributed by atoms with van der Waals surface area (Å²) in [6.45, 7) is 4.68. The molecule has 0 bridgehead atoms.